The third-order valence-electron chi connectivity index (χ3n) is 9.06. The molecule has 4 heterocycles. The van der Waals surface area contributed by atoms with E-state index >= 15 is 4.39 Å². The van der Waals surface area contributed by atoms with Crippen LogP contribution in [-0.2, 0) is 16.6 Å². The minimum Gasteiger partial charge on any atom is -0.473 e. The van der Waals surface area contributed by atoms with Crippen molar-refractivity contribution < 1.29 is 22.3 Å². The Morgan fingerprint density at radius 2 is 1.76 bits per heavy atom. The lowest BCUT2D eigenvalue weighted by atomic mass is 9.93. The summed E-state index contributed by atoms with van der Waals surface area (Å²) in [5, 5.41) is 0. The minimum atomic E-state index is -4.30. The van der Waals surface area contributed by atoms with Crippen LogP contribution in [0.15, 0.2) is 59.8 Å². The fourth-order valence-electron chi connectivity index (χ4n) is 6.51. The second-order valence-corrected chi connectivity index (χ2v) is 15.8. The maximum atomic E-state index is 16.3. The van der Waals surface area contributed by atoms with Crippen LogP contribution in [0.1, 0.15) is 67.8 Å². The highest BCUT2D eigenvalue weighted by Crippen LogP contribution is 2.34. The normalized spacial score (nSPS) is 18.7. The Kier molecular flexibility index (Phi) is 9.31. The van der Waals surface area contributed by atoms with Gasteiger partial charge in [0, 0.05) is 24.2 Å². The standard InChI is InChI=1S/C36H42FN7O4S/c1-22(2)15-26-20-48-33-31(37)32(30-23(3)9-7-10-24(30)4)40-35(41-33)42-49(46,47)28-12-8-11-25(16-28)34(45)44(26)19-29-38-17-27(18-39-29)43-14-13-36(5,6)21-43/h7-12,16-18,22,26H,13-15,19-21H2,1-6H3,(H,40,41,42)/t26-/m1/s1. The highest BCUT2D eigenvalue weighted by molar-refractivity contribution is 7.92. The topological polar surface area (TPSA) is 131 Å². The van der Waals surface area contributed by atoms with Crippen LogP contribution in [0.5, 0.6) is 5.88 Å². The molecule has 1 saturated heterocycles. The number of benzene rings is 2. The van der Waals surface area contributed by atoms with Gasteiger partial charge in [-0.05, 0) is 67.3 Å². The molecule has 1 N–H and O–H groups in total. The van der Waals surface area contributed by atoms with E-state index in [0.29, 0.717) is 17.8 Å². The Balaban J connectivity index is 1.43. The largest absolute Gasteiger partial charge is 0.473 e. The molecule has 4 bridgehead atoms. The zero-order valence-corrected chi connectivity index (χ0v) is 29.5. The van der Waals surface area contributed by atoms with Gasteiger partial charge < -0.3 is 14.5 Å². The van der Waals surface area contributed by atoms with Gasteiger partial charge in [-0.25, -0.2) is 28.1 Å². The van der Waals surface area contributed by atoms with Gasteiger partial charge in [-0.3, -0.25) is 4.79 Å². The van der Waals surface area contributed by atoms with Crippen LogP contribution < -0.4 is 14.4 Å². The highest BCUT2D eigenvalue weighted by atomic mass is 32.2. The fourth-order valence-corrected chi connectivity index (χ4v) is 7.50. The first-order valence-electron chi connectivity index (χ1n) is 16.5. The van der Waals surface area contributed by atoms with Gasteiger partial charge in [0.25, 0.3) is 21.8 Å². The molecule has 49 heavy (non-hydrogen) atoms. The molecule has 2 aromatic heterocycles. The van der Waals surface area contributed by atoms with Gasteiger partial charge >= 0.3 is 0 Å². The molecule has 0 saturated carbocycles. The maximum absolute atomic E-state index is 16.3. The van der Waals surface area contributed by atoms with E-state index in [1.165, 1.54) is 18.2 Å². The summed E-state index contributed by atoms with van der Waals surface area (Å²) in [6.45, 7) is 13.9. The van der Waals surface area contributed by atoms with Crippen LogP contribution in [-0.4, -0.2) is 64.9 Å². The van der Waals surface area contributed by atoms with Crippen LogP contribution >= 0.6 is 0 Å². The summed E-state index contributed by atoms with van der Waals surface area (Å²) in [4.78, 5) is 35.8. The lowest BCUT2D eigenvalue weighted by molar-refractivity contribution is 0.0542. The van der Waals surface area contributed by atoms with Crippen LogP contribution in [0.4, 0.5) is 16.0 Å². The molecule has 13 heteroatoms. The quantitative estimate of drug-likeness (QED) is 0.253. The van der Waals surface area contributed by atoms with Gasteiger partial charge in [-0.1, -0.05) is 52.0 Å². The van der Waals surface area contributed by atoms with Crippen molar-refractivity contribution in [1.29, 1.82) is 0 Å². The van der Waals surface area contributed by atoms with Crippen molar-refractivity contribution >= 4 is 27.6 Å². The molecule has 2 aromatic carbocycles. The summed E-state index contributed by atoms with van der Waals surface area (Å²) < 4.78 is 52.1. The molecule has 0 unspecified atom stereocenters. The molecule has 4 aromatic rings. The second kappa shape index (κ2) is 13.3. The number of nitrogens with zero attached hydrogens (tertiary/aromatic N) is 6. The van der Waals surface area contributed by atoms with E-state index < -0.39 is 33.7 Å². The third-order valence-corrected chi connectivity index (χ3v) is 10.4. The number of rotatable bonds is 6. The van der Waals surface area contributed by atoms with E-state index in [4.69, 9.17) is 4.74 Å². The van der Waals surface area contributed by atoms with Crippen LogP contribution in [0.3, 0.4) is 0 Å². The minimum absolute atomic E-state index is 0.0196. The molecule has 2 aliphatic heterocycles. The summed E-state index contributed by atoms with van der Waals surface area (Å²) in [7, 11) is -4.30. The predicted molar refractivity (Wildman–Crippen MR) is 185 cm³/mol. The van der Waals surface area contributed by atoms with E-state index in [2.05, 4.69) is 43.4 Å². The fraction of sp³-hybridized carbons (Fsp3) is 0.417. The first-order valence-corrected chi connectivity index (χ1v) is 18.0. The van der Waals surface area contributed by atoms with Crippen molar-refractivity contribution in [2.24, 2.45) is 11.3 Å². The Hall–Kier alpha value is -4.65. The van der Waals surface area contributed by atoms with Crippen molar-refractivity contribution in [3.8, 4) is 17.1 Å². The summed E-state index contributed by atoms with van der Waals surface area (Å²) in [5.74, 6) is -1.52. The van der Waals surface area contributed by atoms with E-state index in [0.717, 1.165) is 36.3 Å². The number of carbonyl (C=O) groups excluding carboxylic acids is 1. The summed E-state index contributed by atoms with van der Waals surface area (Å²) in [6, 6.07) is 10.7. The number of hydrogen-bond donors (Lipinski definition) is 1. The number of aryl methyl sites for hydroxylation is 2. The molecule has 258 valence electrons. The molecule has 0 aliphatic carbocycles. The van der Waals surface area contributed by atoms with Gasteiger partial charge in [-0.2, -0.15) is 9.37 Å². The van der Waals surface area contributed by atoms with Crippen LogP contribution in [0.2, 0.25) is 0 Å². The molecule has 1 atom stereocenters. The van der Waals surface area contributed by atoms with Crippen LogP contribution in [0.25, 0.3) is 11.3 Å². The number of sulfonamides is 1. The number of ether oxygens (including phenoxy) is 1. The molecular formula is C36H42FN7O4S. The number of aromatic nitrogens is 4. The van der Waals surface area contributed by atoms with Crippen molar-refractivity contribution in [3.63, 3.8) is 0 Å². The van der Waals surface area contributed by atoms with Gasteiger partial charge in [0.05, 0.1) is 35.6 Å². The van der Waals surface area contributed by atoms with Crippen molar-refractivity contribution in [1.82, 2.24) is 24.8 Å². The number of fused-ring (bicyclic) bond motifs is 4. The van der Waals surface area contributed by atoms with E-state index in [1.807, 2.05) is 45.9 Å². The first-order chi connectivity index (χ1) is 23.2. The highest BCUT2D eigenvalue weighted by Gasteiger charge is 2.32. The molecule has 2 aliphatic rings. The first kappa shape index (κ1) is 34.2. The van der Waals surface area contributed by atoms with Gasteiger partial charge in [0.15, 0.2) is 0 Å². The molecule has 0 radical (unpaired) electrons. The molecule has 6 rings (SSSR count). The zero-order chi connectivity index (χ0) is 35.1. The molecule has 1 amide bonds. The lowest BCUT2D eigenvalue weighted by Gasteiger charge is -2.32. The SMILES string of the molecule is Cc1cccc(C)c1-c1nc2nc(c1F)OC[C@@H](CC(C)C)N(Cc1ncc(N3CCC(C)(C)C3)cn1)C(=O)c1cccc(c1)S(=O)(=O)N2. The number of amides is 1. The monoisotopic (exact) mass is 687 g/mol. The van der Waals surface area contributed by atoms with Crippen LogP contribution in [0, 0.1) is 31.0 Å². The number of anilines is 2. The van der Waals surface area contributed by atoms with Crippen molar-refractivity contribution in [2.45, 2.75) is 71.9 Å². The lowest BCUT2D eigenvalue weighted by Crippen LogP contribution is -2.44. The van der Waals surface area contributed by atoms with E-state index in [1.54, 1.807) is 23.4 Å². The average Bonchev–Trinajstić information content (AvgIpc) is 3.42. The van der Waals surface area contributed by atoms with Crippen molar-refractivity contribution in [2.75, 3.05) is 29.3 Å². The Bertz CT molecular complexity index is 1970. The van der Waals surface area contributed by atoms with Gasteiger partial charge in [0.1, 0.15) is 18.1 Å². The molecule has 0 spiro atoms. The summed E-state index contributed by atoms with van der Waals surface area (Å²) in [6.07, 6.45) is 5.11. The van der Waals surface area contributed by atoms with E-state index in [9.17, 15) is 13.2 Å². The van der Waals surface area contributed by atoms with Gasteiger partial charge in [-0.15, -0.1) is 0 Å². The summed E-state index contributed by atoms with van der Waals surface area (Å²) >= 11 is 0. The molecular weight excluding hydrogens is 646 g/mol. The number of halogens is 1. The Morgan fingerprint density at radius 3 is 2.41 bits per heavy atom. The molecule has 1 fully saturated rings. The van der Waals surface area contributed by atoms with E-state index in [-0.39, 0.29) is 46.6 Å². The second-order valence-electron chi connectivity index (χ2n) is 14.1. The van der Waals surface area contributed by atoms with Gasteiger partial charge in [0.2, 0.25) is 11.8 Å². The smallest absolute Gasteiger partial charge is 0.264 e. The maximum Gasteiger partial charge on any atom is 0.264 e. The zero-order valence-electron chi connectivity index (χ0n) is 28.7. The summed E-state index contributed by atoms with van der Waals surface area (Å²) in [5.41, 5.74) is 3.18. The molecule has 11 nitrogen and oxygen atoms in total. The Morgan fingerprint density at radius 1 is 1.06 bits per heavy atom. The Labute approximate surface area is 287 Å². The number of hydrogen-bond acceptors (Lipinski definition) is 9. The average molecular weight is 688 g/mol. The van der Waals surface area contributed by atoms with Crippen molar-refractivity contribution in [3.05, 3.63) is 83.2 Å². The third kappa shape index (κ3) is 7.36. The number of carbonyl (C=O) groups is 1. The number of nitrogens with one attached hydrogen (secondary N) is 1. The predicted octanol–water partition coefficient (Wildman–Crippen LogP) is 6.18.